The third-order valence-corrected chi connectivity index (χ3v) is 3.52. The molecule has 0 aliphatic carbocycles. The molecule has 0 amide bonds. The molecule has 0 saturated carbocycles. The van der Waals surface area contributed by atoms with E-state index in [-0.39, 0.29) is 12.0 Å². The lowest BCUT2D eigenvalue weighted by Gasteiger charge is -2.15. The van der Waals surface area contributed by atoms with Crippen molar-refractivity contribution in [1.82, 2.24) is 0 Å². The second kappa shape index (κ2) is 5.44. The molecular weight excluding hydrogens is 327 g/mol. The topological polar surface area (TPSA) is 86.5 Å². The van der Waals surface area contributed by atoms with Crippen molar-refractivity contribution in [3.8, 4) is 5.75 Å². The summed E-state index contributed by atoms with van der Waals surface area (Å²) in [6.07, 6.45) is -5.27. The number of rotatable bonds is 4. The number of alkyl halides is 3. The fourth-order valence-corrected chi connectivity index (χ4v) is 2.42. The maximum absolute atomic E-state index is 12.3. The molecular formula is C9H7ClF3NO5S. The van der Waals surface area contributed by atoms with Crippen LogP contribution in [0.1, 0.15) is 12.5 Å². The first-order chi connectivity index (χ1) is 8.95. The Morgan fingerprint density at radius 3 is 2.30 bits per heavy atom. The molecule has 0 unspecified atom stereocenters. The van der Waals surface area contributed by atoms with Crippen molar-refractivity contribution in [3.63, 3.8) is 0 Å². The summed E-state index contributed by atoms with van der Waals surface area (Å²) < 4.78 is 63.1. The number of nitro groups is 1. The third kappa shape index (κ3) is 3.97. The molecule has 0 aliphatic rings. The summed E-state index contributed by atoms with van der Waals surface area (Å²) in [6.45, 7) is 1.38. The minimum Gasteiger partial charge on any atom is -0.404 e. The van der Waals surface area contributed by atoms with Gasteiger partial charge in [-0.1, -0.05) is 6.92 Å². The molecule has 6 nitrogen and oxygen atoms in total. The number of halogens is 4. The van der Waals surface area contributed by atoms with Gasteiger partial charge in [0.15, 0.2) is 5.75 Å². The molecule has 1 rings (SSSR count). The molecule has 0 heterocycles. The van der Waals surface area contributed by atoms with Gasteiger partial charge in [-0.3, -0.25) is 10.1 Å². The molecule has 0 spiro atoms. The van der Waals surface area contributed by atoms with Crippen LogP contribution in [0.4, 0.5) is 18.9 Å². The van der Waals surface area contributed by atoms with Gasteiger partial charge in [-0.05, 0) is 6.42 Å². The van der Waals surface area contributed by atoms with Crippen LogP contribution in [0.3, 0.4) is 0 Å². The van der Waals surface area contributed by atoms with Crippen LogP contribution in [0.5, 0.6) is 5.75 Å². The van der Waals surface area contributed by atoms with Crippen LogP contribution in [0.25, 0.3) is 0 Å². The number of non-ortho nitro benzene ring substituents is 1. The summed E-state index contributed by atoms with van der Waals surface area (Å²) in [4.78, 5) is 8.61. The normalized spacial score (nSPS) is 12.2. The minimum atomic E-state index is -5.16. The molecule has 20 heavy (non-hydrogen) atoms. The van der Waals surface area contributed by atoms with Crippen molar-refractivity contribution in [2.75, 3.05) is 0 Å². The average Bonchev–Trinajstić information content (AvgIpc) is 2.25. The first-order valence-corrected chi connectivity index (χ1v) is 7.28. The van der Waals surface area contributed by atoms with E-state index in [0.717, 1.165) is 6.07 Å². The van der Waals surface area contributed by atoms with E-state index in [1.807, 2.05) is 0 Å². The predicted octanol–water partition coefficient (Wildman–Crippen LogP) is 2.98. The SMILES string of the molecule is CCc1cc([N+](=O)[O-])cc(S(=O)(=O)Cl)c1OC(F)(F)F. The zero-order chi connectivity index (χ0) is 15.7. The molecule has 11 heteroatoms. The van der Waals surface area contributed by atoms with E-state index in [0.29, 0.717) is 6.07 Å². The van der Waals surface area contributed by atoms with Gasteiger partial charge < -0.3 is 4.74 Å². The molecule has 1 aromatic rings. The van der Waals surface area contributed by atoms with Crippen LogP contribution >= 0.6 is 10.7 Å². The highest BCUT2D eigenvalue weighted by Crippen LogP contribution is 2.38. The van der Waals surface area contributed by atoms with Gasteiger partial charge in [0.05, 0.1) is 4.92 Å². The highest BCUT2D eigenvalue weighted by molar-refractivity contribution is 8.13. The number of benzene rings is 1. The number of ether oxygens (including phenoxy) is 1. The van der Waals surface area contributed by atoms with E-state index in [2.05, 4.69) is 4.74 Å². The van der Waals surface area contributed by atoms with E-state index in [1.165, 1.54) is 6.92 Å². The maximum atomic E-state index is 12.3. The molecule has 1 aromatic carbocycles. The Kier molecular flexibility index (Phi) is 4.49. The summed E-state index contributed by atoms with van der Waals surface area (Å²) in [6, 6.07) is 1.22. The van der Waals surface area contributed by atoms with Crippen LogP contribution in [0.2, 0.25) is 0 Å². The molecule has 0 bridgehead atoms. The Balaban J connectivity index is 3.66. The van der Waals surface area contributed by atoms with E-state index >= 15 is 0 Å². The second-order valence-electron chi connectivity index (χ2n) is 3.53. The minimum absolute atomic E-state index is 0.119. The van der Waals surface area contributed by atoms with Crippen molar-refractivity contribution >= 4 is 25.4 Å². The fraction of sp³-hybridized carbons (Fsp3) is 0.333. The van der Waals surface area contributed by atoms with Crippen LogP contribution in [-0.2, 0) is 15.5 Å². The summed E-state index contributed by atoms with van der Waals surface area (Å²) >= 11 is 0. The first-order valence-electron chi connectivity index (χ1n) is 4.97. The standard InChI is InChI=1S/C9H7ClF3NO5S/c1-2-5-3-6(14(15)16)4-7(20(10,17)18)8(5)19-9(11,12)13/h3-4H,2H2,1H3. The van der Waals surface area contributed by atoms with Gasteiger partial charge in [-0.25, -0.2) is 8.42 Å². The van der Waals surface area contributed by atoms with Gasteiger partial charge in [0.2, 0.25) is 0 Å². The molecule has 0 radical (unpaired) electrons. The zero-order valence-electron chi connectivity index (χ0n) is 9.77. The summed E-state index contributed by atoms with van der Waals surface area (Å²) in [5.74, 6) is -1.06. The number of nitrogens with zero attached hydrogens (tertiary/aromatic N) is 1. The van der Waals surface area contributed by atoms with E-state index in [1.54, 1.807) is 0 Å². The quantitative estimate of drug-likeness (QED) is 0.480. The molecule has 0 N–H and O–H groups in total. The number of hydrogen-bond acceptors (Lipinski definition) is 5. The molecule has 0 aliphatic heterocycles. The van der Waals surface area contributed by atoms with E-state index in [4.69, 9.17) is 10.7 Å². The summed E-state index contributed by atoms with van der Waals surface area (Å²) in [7, 11) is 0.349. The van der Waals surface area contributed by atoms with Crippen molar-refractivity contribution in [2.45, 2.75) is 24.6 Å². The van der Waals surface area contributed by atoms with Crippen molar-refractivity contribution in [3.05, 3.63) is 27.8 Å². The van der Waals surface area contributed by atoms with Crippen molar-refractivity contribution < 1.29 is 31.2 Å². The van der Waals surface area contributed by atoms with Crippen molar-refractivity contribution in [2.24, 2.45) is 0 Å². The Morgan fingerprint density at radius 2 is 1.95 bits per heavy atom. The monoisotopic (exact) mass is 333 g/mol. The molecule has 0 fully saturated rings. The molecule has 112 valence electrons. The number of nitro benzene ring substituents is 1. The largest absolute Gasteiger partial charge is 0.573 e. The van der Waals surface area contributed by atoms with Gasteiger partial charge >= 0.3 is 6.36 Å². The first kappa shape index (κ1) is 16.5. The lowest BCUT2D eigenvalue weighted by atomic mass is 10.1. The molecule has 0 aromatic heterocycles. The van der Waals surface area contributed by atoms with Gasteiger partial charge in [0, 0.05) is 28.4 Å². The Hall–Kier alpha value is -1.55. The lowest BCUT2D eigenvalue weighted by molar-refractivity contribution is -0.385. The summed E-state index contributed by atoms with van der Waals surface area (Å²) in [5.41, 5.74) is -0.994. The zero-order valence-corrected chi connectivity index (χ0v) is 11.3. The van der Waals surface area contributed by atoms with Crippen LogP contribution in [0.15, 0.2) is 17.0 Å². The van der Waals surface area contributed by atoms with Crippen LogP contribution < -0.4 is 4.74 Å². The number of aryl methyl sites for hydroxylation is 1. The predicted molar refractivity (Wildman–Crippen MR) is 62.2 cm³/mol. The van der Waals surface area contributed by atoms with Gasteiger partial charge in [0.1, 0.15) is 4.90 Å². The van der Waals surface area contributed by atoms with E-state index in [9.17, 15) is 31.7 Å². The van der Waals surface area contributed by atoms with E-state index < -0.39 is 36.7 Å². The Bertz CT molecular complexity index is 644. The highest BCUT2D eigenvalue weighted by Gasteiger charge is 2.36. The van der Waals surface area contributed by atoms with Crippen molar-refractivity contribution in [1.29, 1.82) is 0 Å². The van der Waals surface area contributed by atoms with Crippen LogP contribution in [-0.4, -0.2) is 19.7 Å². The molecule has 0 saturated heterocycles. The average molecular weight is 334 g/mol. The maximum Gasteiger partial charge on any atom is 0.573 e. The summed E-state index contributed by atoms with van der Waals surface area (Å²) in [5, 5.41) is 10.6. The third-order valence-electron chi connectivity index (χ3n) is 2.19. The highest BCUT2D eigenvalue weighted by atomic mass is 35.7. The van der Waals surface area contributed by atoms with Gasteiger partial charge in [0.25, 0.3) is 14.7 Å². The fourth-order valence-electron chi connectivity index (χ4n) is 1.42. The lowest BCUT2D eigenvalue weighted by Crippen LogP contribution is -2.19. The Labute approximate surface area is 115 Å². The van der Waals surface area contributed by atoms with Gasteiger partial charge in [-0.2, -0.15) is 0 Å². The number of hydrogen-bond donors (Lipinski definition) is 0. The molecule has 0 atom stereocenters. The smallest absolute Gasteiger partial charge is 0.404 e. The Morgan fingerprint density at radius 1 is 1.40 bits per heavy atom. The second-order valence-corrected chi connectivity index (χ2v) is 6.06. The van der Waals surface area contributed by atoms with Crippen LogP contribution in [0, 0.1) is 10.1 Å². The van der Waals surface area contributed by atoms with Gasteiger partial charge in [-0.15, -0.1) is 13.2 Å².